The summed E-state index contributed by atoms with van der Waals surface area (Å²) in [6, 6.07) is 10.4. The molecule has 0 radical (unpaired) electrons. The number of hydrogen-bond acceptors (Lipinski definition) is 4. The van der Waals surface area contributed by atoms with E-state index in [0.29, 0.717) is 25.8 Å². The minimum absolute atomic E-state index is 0.0165. The molecule has 28 heavy (non-hydrogen) atoms. The quantitative estimate of drug-likeness (QED) is 0.517. The molecule has 5 rings (SSSR count). The largest absolute Gasteiger partial charge is 0.377 e. The van der Waals surface area contributed by atoms with Crippen LogP contribution in [0.2, 0.25) is 0 Å². The number of fused-ring (bicyclic) bond motifs is 2. The van der Waals surface area contributed by atoms with Crippen molar-refractivity contribution in [2.75, 3.05) is 6.61 Å². The summed E-state index contributed by atoms with van der Waals surface area (Å²) in [5.74, 6) is 0. The summed E-state index contributed by atoms with van der Waals surface area (Å²) in [6.07, 6.45) is 7.53. The fraction of sp³-hybridized carbons (Fsp3) is 0.318. The van der Waals surface area contributed by atoms with Gasteiger partial charge in [0, 0.05) is 36.0 Å². The first kappa shape index (κ1) is 17.1. The van der Waals surface area contributed by atoms with Gasteiger partial charge in [-0.1, -0.05) is 24.3 Å². The molecule has 0 aliphatic heterocycles. The van der Waals surface area contributed by atoms with Crippen LogP contribution < -0.4 is 5.69 Å². The second-order valence-corrected chi connectivity index (χ2v) is 7.24. The Hall–Kier alpha value is -2.99. The summed E-state index contributed by atoms with van der Waals surface area (Å²) in [6.45, 7) is 3.51. The van der Waals surface area contributed by atoms with Crippen LogP contribution in [0.4, 0.5) is 0 Å². The van der Waals surface area contributed by atoms with Crippen molar-refractivity contribution in [1.29, 1.82) is 0 Å². The van der Waals surface area contributed by atoms with Crippen molar-refractivity contribution in [3.8, 4) is 0 Å². The SMILES string of the molecule is CCOCc1c(Cn2c(=O)n(C3CC3)c3ccncc32)ncc2ccccc12. The van der Waals surface area contributed by atoms with Crippen molar-refractivity contribution in [3.63, 3.8) is 0 Å². The van der Waals surface area contributed by atoms with E-state index in [1.54, 1.807) is 17.0 Å². The first-order valence-corrected chi connectivity index (χ1v) is 9.76. The average Bonchev–Trinajstić information content (AvgIpc) is 3.52. The first-order chi connectivity index (χ1) is 13.8. The monoisotopic (exact) mass is 374 g/mol. The molecule has 0 N–H and O–H groups in total. The molecule has 1 aliphatic rings. The van der Waals surface area contributed by atoms with Crippen LogP contribution in [-0.2, 0) is 17.9 Å². The fourth-order valence-electron chi connectivity index (χ4n) is 3.88. The summed E-state index contributed by atoms with van der Waals surface area (Å²) >= 11 is 0. The summed E-state index contributed by atoms with van der Waals surface area (Å²) in [5.41, 5.74) is 3.74. The zero-order valence-electron chi connectivity index (χ0n) is 15.8. The molecule has 6 heteroatoms. The number of rotatable bonds is 6. The van der Waals surface area contributed by atoms with Gasteiger partial charge < -0.3 is 4.74 Å². The van der Waals surface area contributed by atoms with Crippen molar-refractivity contribution in [2.24, 2.45) is 0 Å². The van der Waals surface area contributed by atoms with Gasteiger partial charge >= 0.3 is 5.69 Å². The Morgan fingerprint density at radius 1 is 1.14 bits per heavy atom. The molecular weight excluding hydrogens is 352 g/mol. The van der Waals surface area contributed by atoms with E-state index < -0.39 is 0 Å². The topological polar surface area (TPSA) is 61.9 Å². The van der Waals surface area contributed by atoms with Crippen LogP contribution in [0.1, 0.15) is 37.1 Å². The molecule has 1 aromatic carbocycles. The maximum Gasteiger partial charge on any atom is 0.329 e. The summed E-state index contributed by atoms with van der Waals surface area (Å²) in [5, 5.41) is 2.20. The van der Waals surface area contributed by atoms with Crippen LogP contribution in [0.15, 0.2) is 53.7 Å². The van der Waals surface area contributed by atoms with Crippen molar-refractivity contribution < 1.29 is 4.74 Å². The van der Waals surface area contributed by atoms with Crippen molar-refractivity contribution in [2.45, 2.75) is 39.0 Å². The van der Waals surface area contributed by atoms with Crippen LogP contribution in [-0.4, -0.2) is 25.7 Å². The van der Waals surface area contributed by atoms with E-state index in [2.05, 4.69) is 17.1 Å². The number of nitrogens with zero attached hydrogens (tertiary/aromatic N) is 4. The molecule has 0 bridgehead atoms. The van der Waals surface area contributed by atoms with E-state index in [0.717, 1.165) is 45.9 Å². The van der Waals surface area contributed by atoms with Gasteiger partial charge in [0.15, 0.2) is 0 Å². The Kier molecular flexibility index (Phi) is 4.20. The highest BCUT2D eigenvalue weighted by molar-refractivity contribution is 5.85. The van der Waals surface area contributed by atoms with Crippen molar-refractivity contribution in [3.05, 3.63) is 70.7 Å². The predicted octanol–water partition coefficient (Wildman–Crippen LogP) is 3.67. The van der Waals surface area contributed by atoms with Gasteiger partial charge in [-0.05, 0) is 31.2 Å². The van der Waals surface area contributed by atoms with E-state index in [-0.39, 0.29) is 5.69 Å². The van der Waals surface area contributed by atoms with Crippen LogP contribution in [0.5, 0.6) is 0 Å². The van der Waals surface area contributed by atoms with Crippen LogP contribution >= 0.6 is 0 Å². The molecule has 1 saturated carbocycles. The van der Waals surface area contributed by atoms with Gasteiger partial charge in [0.25, 0.3) is 0 Å². The van der Waals surface area contributed by atoms with Gasteiger partial charge in [0.2, 0.25) is 0 Å². The second kappa shape index (κ2) is 6.87. The van der Waals surface area contributed by atoms with E-state index in [4.69, 9.17) is 9.72 Å². The summed E-state index contributed by atoms with van der Waals surface area (Å²) in [4.78, 5) is 22.2. The zero-order valence-corrected chi connectivity index (χ0v) is 15.8. The van der Waals surface area contributed by atoms with E-state index in [1.165, 1.54) is 0 Å². The maximum atomic E-state index is 13.2. The molecule has 0 atom stereocenters. The lowest BCUT2D eigenvalue weighted by molar-refractivity contribution is 0.134. The molecule has 0 saturated heterocycles. The van der Waals surface area contributed by atoms with Gasteiger partial charge in [-0.15, -0.1) is 0 Å². The number of ether oxygens (including phenoxy) is 1. The highest BCUT2D eigenvalue weighted by Gasteiger charge is 2.29. The first-order valence-electron chi connectivity index (χ1n) is 9.76. The number of aromatic nitrogens is 4. The molecule has 1 fully saturated rings. The number of benzene rings is 1. The Balaban J connectivity index is 1.67. The minimum atomic E-state index is 0.0165. The smallest absolute Gasteiger partial charge is 0.329 e. The molecular formula is C22H22N4O2. The Morgan fingerprint density at radius 2 is 2.00 bits per heavy atom. The Labute approximate surface area is 162 Å². The lowest BCUT2D eigenvalue weighted by atomic mass is 10.0. The van der Waals surface area contributed by atoms with Crippen molar-refractivity contribution in [1.82, 2.24) is 19.1 Å². The van der Waals surface area contributed by atoms with Crippen LogP contribution in [0, 0.1) is 0 Å². The van der Waals surface area contributed by atoms with Crippen molar-refractivity contribution >= 4 is 21.8 Å². The standard InChI is InChI=1S/C22H22N4O2/c1-2-28-14-18-17-6-4-3-5-15(17)11-24-19(18)13-25-21-12-23-10-9-20(21)26(22(25)27)16-7-8-16/h3-6,9-12,16H,2,7-8,13-14H2,1H3. The molecule has 6 nitrogen and oxygen atoms in total. The molecule has 0 spiro atoms. The number of pyridine rings is 2. The third kappa shape index (κ3) is 2.81. The molecule has 4 aromatic rings. The molecule has 3 aromatic heterocycles. The van der Waals surface area contributed by atoms with Gasteiger partial charge in [0.1, 0.15) is 0 Å². The zero-order chi connectivity index (χ0) is 19.1. The third-order valence-corrected chi connectivity index (χ3v) is 5.43. The van der Waals surface area contributed by atoms with Crippen LogP contribution in [0.3, 0.4) is 0 Å². The predicted molar refractivity (Wildman–Crippen MR) is 108 cm³/mol. The normalized spacial score (nSPS) is 14.2. The second-order valence-electron chi connectivity index (χ2n) is 7.24. The van der Waals surface area contributed by atoms with Gasteiger partial charge in [-0.2, -0.15) is 0 Å². The van der Waals surface area contributed by atoms with Gasteiger partial charge in [0.05, 0.1) is 36.1 Å². The number of imidazole rings is 1. The Bertz CT molecular complexity index is 1220. The average molecular weight is 374 g/mol. The van der Waals surface area contributed by atoms with E-state index in [1.807, 2.05) is 35.9 Å². The summed E-state index contributed by atoms with van der Waals surface area (Å²) < 4.78 is 9.45. The third-order valence-electron chi connectivity index (χ3n) is 5.43. The molecule has 0 amide bonds. The minimum Gasteiger partial charge on any atom is -0.377 e. The van der Waals surface area contributed by atoms with E-state index in [9.17, 15) is 4.79 Å². The fourth-order valence-corrected chi connectivity index (χ4v) is 3.88. The lowest BCUT2D eigenvalue weighted by Gasteiger charge is -2.13. The Morgan fingerprint density at radius 3 is 2.82 bits per heavy atom. The lowest BCUT2D eigenvalue weighted by Crippen LogP contribution is -2.25. The summed E-state index contributed by atoms with van der Waals surface area (Å²) in [7, 11) is 0. The van der Waals surface area contributed by atoms with Crippen LogP contribution in [0.25, 0.3) is 21.8 Å². The molecule has 3 heterocycles. The van der Waals surface area contributed by atoms with E-state index >= 15 is 0 Å². The van der Waals surface area contributed by atoms with Gasteiger partial charge in [-0.3, -0.25) is 19.1 Å². The highest BCUT2D eigenvalue weighted by Crippen LogP contribution is 2.36. The highest BCUT2D eigenvalue weighted by atomic mass is 16.5. The molecule has 1 aliphatic carbocycles. The molecule has 0 unspecified atom stereocenters. The molecule has 142 valence electrons. The number of hydrogen-bond donors (Lipinski definition) is 0. The maximum absolute atomic E-state index is 13.2. The van der Waals surface area contributed by atoms with Gasteiger partial charge in [-0.25, -0.2) is 4.79 Å².